The fourth-order valence-corrected chi connectivity index (χ4v) is 3.48. The van der Waals surface area contributed by atoms with E-state index in [0.717, 1.165) is 25.2 Å². The molecular weight excluding hydrogens is 240 g/mol. The van der Waals surface area contributed by atoms with E-state index >= 15 is 0 Å². The standard InChI is InChI=1S/C15H28N2O2/c1-2-5-12(18)10-16-15(19)14-9-8-11-6-3-4-7-13(11)17-14/h11-14,17-18H,2-10H2,1H3,(H,16,19). The predicted octanol–water partition coefficient (Wildman–Crippen LogP) is 1.57. The molecule has 0 aromatic heterocycles. The Kier molecular flexibility index (Phi) is 5.64. The predicted molar refractivity (Wildman–Crippen MR) is 75.8 cm³/mol. The lowest BCUT2D eigenvalue weighted by Crippen LogP contribution is -2.55. The normalized spacial score (nSPS) is 32.4. The zero-order valence-electron chi connectivity index (χ0n) is 12.0. The Hall–Kier alpha value is -0.610. The van der Waals surface area contributed by atoms with Gasteiger partial charge >= 0.3 is 0 Å². The number of carbonyl (C=O) groups excluding carboxylic acids is 1. The van der Waals surface area contributed by atoms with Gasteiger partial charge in [-0.1, -0.05) is 26.2 Å². The maximum atomic E-state index is 12.1. The number of fused-ring (bicyclic) bond motifs is 1. The van der Waals surface area contributed by atoms with Gasteiger partial charge in [0, 0.05) is 12.6 Å². The van der Waals surface area contributed by atoms with Crippen LogP contribution in [0, 0.1) is 5.92 Å². The summed E-state index contributed by atoms with van der Waals surface area (Å²) in [6.07, 6.45) is 8.59. The molecule has 3 N–H and O–H groups in total. The fraction of sp³-hybridized carbons (Fsp3) is 0.933. The average Bonchev–Trinajstić information content (AvgIpc) is 2.44. The minimum atomic E-state index is -0.403. The summed E-state index contributed by atoms with van der Waals surface area (Å²) in [5.41, 5.74) is 0. The third kappa shape index (κ3) is 4.18. The summed E-state index contributed by atoms with van der Waals surface area (Å²) in [6, 6.07) is 0.493. The molecule has 110 valence electrons. The van der Waals surface area contributed by atoms with Gasteiger partial charge in [0.1, 0.15) is 0 Å². The van der Waals surface area contributed by atoms with Gasteiger partial charge in [-0.3, -0.25) is 4.79 Å². The number of aliphatic hydroxyl groups excluding tert-OH is 1. The Balaban J connectivity index is 1.74. The SMILES string of the molecule is CCCC(O)CNC(=O)C1CCC2CCCCC2N1. The molecule has 4 unspecified atom stereocenters. The van der Waals surface area contributed by atoms with Crippen LogP contribution in [0.2, 0.25) is 0 Å². The lowest BCUT2D eigenvalue weighted by Gasteiger charge is -2.39. The second-order valence-electron chi connectivity index (χ2n) is 6.14. The highest BCUT2D eigenvalue weighted by molar-refractivity contribution is 5.81. The van der Waals surface area contributed by atoms with Crippen LogP contribution in [0.4, 0.5) is 0 Å². The van der Waals surface area contributed by atoms with Gasteiger partial charge in [-0.25, -0.2) is 0 Å². The van der Waals surface area contributed by atoms with E-state index in [1.807, 2.05) is 6.92 Å². The topological polar surface area (TPSA) is 61.4 Å². The molecule has 1 amide bonds. The lowest BCUT2D eigenvalue weighted by atomic mass is 9.77. The van der Waals surface area contributed by atoms with Gasteiger partial charge in [0.05, 0.1) is 12.1 Å². The molecule has 1 aliphatic heterocycles. The van der Waals surface area contributed by atoms with E-state index in [-0.39, 0.29) is 11.9 Å². The highest BCUT2D eigenvalue weighted by Crippen LogP contribution is 2.32. The van der Waals surface area contributed by atoms with Gasteiger partial charge < -0.3 is 15.7 Å². The van der Waals surface area contributed by atoms with E-state index in [0.29, 0.717) is 12.6 Å². The van der Waals surface area contributed by atoms with Crippen LogP contribution in [0.15, 0.2) is 0 Å². The van der Waals surface area contributed by atoms with Crippen molar-refractivity contribution in [1.82, 2.24) is 10.6 Å². The summed E-state index contributed by atoms with van der Waals surface area (Å²) in [4.78, 5) is 12.1. The van der Waals surface area contributed by atoms with Crippen molar-refractivity contribution in [2.24, 2.45) is 5.92 Å². The van der Waals surface area contributed by atoms with Gasteiger partial charge in [0.15, 0.2) is 0 Å². The Labute approximate surface area is 116 Å². The van der Waals surface area contributed by atoms with Gasteiger partial charge in [0.25, 0.3) is 0 Å². The van der Waals surface area contributed by atoms with Crippen molar-refractivity contribution in [2.75, 3.05) is 6.54 Å². The third-order valence-corrected chi connectivity index (χ3v) is 4.60. The number of aliphatic hydroxyl groups is 1. The van der Waals surface area contributed by atoms with Gasteiger partial charge in [0.2, 0.25) is 5.91 Å². The number of hydrogen-bond donors (Lipinski definition) is 3. The van der Waals surface area contributed by atoms with Crippen LogP contribution in [-0.2, 0) is 4.79 Å². The molecule has 0 bridgehead atoms. The molecule has 1 heterocycles. The molecule has 19 heavy (non-hydrogen) atoms. The Morgan fingerprint density at radius 2 is 2.11 bits per heavy atom. The largest absolute Gasteiger partial charge is 0.391 e. The fourth-order valence-electron chi connectivity index (χ4n) is 3.48. The van der Waals surface area contributed by atoms with E-state index in [1.54, 1.807) is 0 Å². The second-order valence-corrected chi connectivity index (χ2v) is 6.14. The Morgan fingerprint density at radius 3 is 2.89 bits per heavy atom. The maximum absolute atomic E-state index is 12.1. The van der Waals surface area contributed by atoms with E-state index in [4.69, 9.17) is 0 Å². The van der Waals surface area contributed by atoms with E-state index in [2.05, 4.69) is 10.6 Å². The molecule has 0 aromatic rings. The maximum Gasteiger partial charge on any atom is 0.237 e. The zero-order valence-corrected chi connectivity index (χ0v) is 12.0. The van der Waals surface area contributed by atoms with E-state index in [1.165, 1.54) is 32.1 Å². The summed E-state index contributed by atoms with van der Waals surface area (Å²) >= 11 is 0. The summed E-state index contributed by atoms with van der Waals surface area (Å²) < 4.78 is 0. The van der Waals surface area contributed by atoms with Crippen molar-refractivity contribution in [3.8, 4) is 0 Å². The first-order valence-electron chi connectivity index (χ1n) is 7.92. The summed E-state index contributed by atoms with van der Waals surface area (Å²) in [5, 5.41) is 16.0. The van der Waals surface area contributed by atoms with Crippen molar-refractivity contribution in [3.05, 3.63) is 0 Å². The van der Waals surface area contributed by atoms with Crippen molar-refractivity contribution in [3.63, 3.8) is 0 Å². The molecule has 1 saturated heterocycles. The van der Waals surface area contributed by atoms with Crippen LogP contribution in [0.1, 0.15) is 58.3 Å². The number of piperidine rings is 1. The minimum Gasteiger partial charge on any atom is -0.391 e. The number of nitrogens with one attached hydrogen (secondary N) is 2. The molecule has 1 aliphatic carbocycles. The smallest absolute Gasteiger partial charge is 0.237 e. The molecule has 0 aromatic carbocycles. The van der Waals surface area contributed by atoms with Crippen LogP contribution in [0.25, 0.3) is 0 Å². The van der Waals surface area contributed by atoms with Crippen LogP contribution in [0.3, 0.4) is 0 Å². The number of rotatable bonds is 5. The molecule has 4 atom stereocenters. The van der Waals surface area contributed by atoms with Crippen LogP contribution in [-0.4, -0.2) is 35.7 Å². The minimum absolute atomic E-state index is 0.0480. The second kappa shape index (κ2) is 7.25. The van der Waals surface area contributed by atoms with Crippen molar-refractivity contribution < 1.29 is 9.90 Å². The van der Waals surface area contributed by atoms with Gasteiger partial charge in [-0.05, 0) is 38.0 Å². The Morgan fingerprint density at radius 1 is 1.32 bits per heavy atom. The number of amides is 1. The third-order valence-electron chi connectivity index (χ3n) is 4.60. The first-order chi connectivity index (χ1) is 9.20. The van der Waals surface area contributed by atoms with Crippen molar-refractivity contribution >= 4 is 5.91 Å². The summed E-state index contributed by atoms with van der Waals surface area (Å²) in [5.74, 6) is 0.850. The van der Waals surface area contributed by atoms with E-state index < -0.39 is 6.10 Å². The number of hydrogen-bond acceptors (Lipinski definition) is 3. The number of carbonyl (C=O) groups is 1. The monoisotopic (exact) mass is 268 g/mol. The van der Waals surface area contributed by atoms with E-state index in [9.17, 15) is 9.90 Å². The molecular formula is C15H28N2O2. The van der Waals surface area contributed by atoms with Gasteiger partial charge in [-0.2, -0.15) is 0 Å². The first kappa shape index (κ1) is 14.8. The molecule has 0 radical (unpaired) electrons. The van der Waals surface area contributed by atoms with Crippen molar-refractivity contribution in [2.45, 2.75) is 76.5 Å². The first-order valence-corrected chi connectivity index (χ1v) is 7.92. The molecule has 2 aliphatic rings. The lowest BCUT2D eigenvalue weighted by molar-refractivity contribution is -0.125. The molecule has 1 saturated carbocycles. The molecule has 0 spiro atoms. The van der Waals surface area contributed by atoms with Crippen LogP contribution >= 0.6 is 0 Å². The Bertz CT molecular complexity index is 296. The van der Waals surface area contributed by atoms with Crippen molar-refractivity contribution in [1.29, 1.82) is 0 Å². The molecule has 2 rings (SSSR count). The summed E-state index contributed by atoms with van der Waals surface area (Å²) in [7, 11) is 0. The zero-order chi connectivity index (χ0) is 13.7. The molecule has 2 fully saturated rings. The van der Waals surface area contributed by atoms with Crippen LogP contribution in [0.5, 0.6) is 0 Å². The summed E-state index contributed by atoms with van der Waals surface area (Å²) in [6.45, 7) is 2.43. The van der Waals surface area contributed by atoms with Gasteiger partial charge in [-0.15, -0.1) is 0 Å². The highest BCUT2D eigenvalue weighted by Gasteiger charge is 2.34. The molecule has 4 heteroatoms. The van der Waals surface area contributed by atoms with Crippen LogP contribution < -0.4 is 10.6 Å². The highest BCUT2D eigenvalue weighted by atomic mass is 16.3. The average molecular weight is 268 g/mol. The molecule has 4 nitrogen and oxygen atoms in total. The quantitative estimate of drug-likeness (QED) is 0.709.